The molecule has 0 radical (unpaired) electrons. The van der Waals surface area contributed by atoms with Gasteiger partial charge in [-0.2, -0.15) is 22.8 Å². The molecule has 0 spiro atoms. The predicted molar refractivity (Wildman–Crippen MR) is 229 cm³/mol. The van der Waals surface area contributed by atoms with Crippen molar-refractivity contribution >= 4 is 38.7 Å². The smallest absolute Gasteiger partial charge is 0.455 e. The third kappa shape index (κ3) is 11.4. The number of amides is 2. The van der Waals surface area contributed by atoms with E-state index in [4.69, 9.17) is 9.47 Å². The highest BCUT2D eigenvalue weighted by Gasteiger charge is 2.43. The van der Waals surface area contributed by atoms with Crippen molar-refractivity contribution in [2.45, 2.75) is 50.4 Å². The number of likely N-dealkylation sites (tertiary alicyclic amines) is 1. The quantitative estimate of drug-likeness (QED) is 0.111. The standard InChI is InChI=1S/C45H40F3N7O6S2/c1-30-6-5-9-33(22-30)34-10-12-41(61-40-13-11-38(24-36(40)26-49)63(58,59)53-43-51-29-52-62-43)39(25-34)35-14-18-50-37(23-35)27-55(44(57)60-28-32-7-3-2-4-8-32)21-17-31-15-19-54(20-16-31)42(56)45(46,47)48/h2-14,18,22-25,29,31H,15-17,19-21,27-28H2,1H3,(H,51,52,53). The van der Waals surface area contributed by atoms with Crippen LogP contribution in [-0.2, 0) is 32.7 Å². The number of aryl methyl sites for hydroxylation is 1. The first-order valence-electron chi connectivity index (χ1n) is 19.8. The molecule has 2 amide bonds. The number of piperidine rings is 1. The van der Waals surface area contributed by atoms with E-state index in [-0.39, 0.29) is 60.0 Å². The molecule has 0 aliphatic carbocycles. The van der Waals surface area contributed by atoms with Crippen LogP contribution in [0.5, 0.6) is 11.5 Å². The van der Waals surface area contributed by atoms with Crippen LogP contribution < -0.4 is 9.46 Å². The first-order chi connectivity index (χ1) is 30.3. The number of alkyl halides is 3. The van der Waals surface area contributed by atoms with E-state index in [1.807, 2.05) is 79.7 Å². The lowest BCUT2D eigenvalue weighted by atomic mass is 9.93. The number of hydrogen-bond donors (Lipinski definition) is 1. The summed E-state index contributed by atoms with van der Waals surface area (Å²) in [5.41, 5.74) is 5.35. The van der Waals surface area contributed by atoms with E-state index < -0.39 is 28.2 Å². The highest BCUT2D eigenvalue weighted by atomic mass is 32.2. The molecule has 1 aliphatic rings. The average molecular weight is 896 g/mol. The third-order valence-electron chi connectivity index (χ3n) is 10.4. The fourth-order valence-electron chi connectivity index (χ4n) is 7.13. The second kappa shape index (κ2) is 19.5. The second-order valence-corrected chi connectivity index (χ2v) is 17.3. The highest BCUT2D eigenvalue weighted by molar-refractivity contribution is 7.93. The molecule has 1 N–H and O–H groups in total. The van der Waals surface area contributed by atoms with E-state index in [0.717, 1.165) is 38.7 Å². The number of carbonyl (C=O) groups is 2. The van der Waals surface area contributed by atoms with Gasteiger partial charge in [-0.25, -0.2) is 18.2 Å². The molecule has 6 aromatic rings. The van der Waals surface area contributed by atoms with E-state index in [2.05, 4.69) is 19.1 Å². The Morgan fingerprint density at radius 2 is 1.68 bits per heavy atom. The van der Waals surface area contributed by atoms with Gasteiger partial charge in [0.05, 0.1) is 22.7 Å². The summed E-state index contributed by atoms with van der Waals surface area (Å²) in [5, 5.41) is 10.2. The molecule has 7 rings (SSSR count). The largest absolute Gasteiger partial charge is 0.471 e. The zero-order valence-electron chi connectivity index (χ0n) is 33.8. The van der Waals surface area contributed by atoms with Gasteiger partial charge in [-0.3, -0.25) is 14.5 Å². The summed E-state index contributed by atoms with van der Waals surface area (Å²) < 4.78 is 83.7. The van der Waals surface area contributed by atoms with Crippen LogP contribution in [0.25, 0.3) is 22.3 Å². The van der Waals surface area contributed by atoms with Crippen LogP contribution >= 0.6 is 11.5 Å². The number of hydrogen-bond acceptors (Lipinski definition) is 11. The summed E-state index contributed by atoms with van der Waals surface area (Å²) in [6, 6.07) is 32.3. The minimum atomic E-state index is -4.93. The predicted octanol–water partition coefficient (Wildman–Crippen LogP) is 9.37. The van der Waals surface area contributed by atoms with Gasteiger partial charge in [0.2, 0.25) is 5.13 Å². The Morgan fingerprint density at radius 3 is 2.40 bits per heavy atom. The van der Waals surface area contributed by atoms with Crippen molar-refractivity contribution < 1.29 is 40.7 Å². The third-order valence-corrected chi connectivity index (χ3v) is 12.5. The first kappa shape index (κ1) is 44.2. The number of nitrogens with one attached hydrogen (secondary N) is 1. The van der Waals surface area contributed by atoms with Crippen molar-refractivity contribution in [1.82, 2.24) is 24.1 Å². The van der Waals surface area contributed by atoms with Gasteiger partial charge in [-0.1, -0.05) is 66.2 Å². The van der Waals surface area contributed by atoms with Crippen molar-refractivity contribution in [3.63, 3.8) is 0 Å². The molecule has 4 aromatic carbocycles. The lowest BCUT2D eigenvalue weighted by molar-refractivity contribution is -0.186. The lowest BCUT2D eigenvalue weighted by Gasteiger charge is -2.33. The SMILES string of the molecule is Cc1cccc(-c2ccc(Oc3ccc(S(=O)(=O)Nc4ncns4)cc3C#N)c(-c3ccnc(CN(CCC4CCN(C(=O)C(F)(F)F)CC4)C(=O)OCc4ccccc4)c3)c2)c1. The summed E-state index contributed by atoms with van der Waals surface area (Å²) in [4.78, 5) is 36.1. The van der Waals surface area contributed by atoms with Crippen LogP contribution in [0.4, 0.5) is 23.1 Å². The Bertz CT molecular complexity index is 2720. The molecule has 324 valence electrons. The molecule has 0 saturated carbocycles. The van der Waals surface area contributed by atoms with E-state index in [0.29, 0.717) is 41.8 Å². The summed E-state index contributed by atoms with van der Waals surface area (Å²) in [7, 11) is -4.10. The summed E-state index contributed by atoms with van der Waals surface area (Å²) in [6.45, 7) is 2.19. The van der Waals surface area contributed by atoms with Crippen molar-refractivity contribution in [2.24, 2.45) is 5.92 Å². The number of pyridine rings is 1. The Morgan fingerprint density at radius 1 is 0.921 bits per heavy atom. The van der Waals surface area contributed by atoms with Crippen LogP contribution in [0.3, 0.4) is 0 Å². The van der Waals surface area contributed by atoms with Crippen molar-refractivity contribution in [3.8, 4) is 39.8 Å². The fraction of sp³-hybridized carbons (Fsp3) is 0.244. The van der Waals surface area contributed by atoms with Crippen LogP contribution in [0.1, 0.15) is 41.6 Å². The van der Waals surface area contributed by atoms with Crippen LogP contribution in [0.2, 0.25) is 0 Å². The number of aromatic nitrogens is 3. The van der Waals surface area contributed by atoms with Gasteiger partial charge < -0.3 is 19.3 Å². The van der Waals surface area contributed by atoms with Crippen LogP contribution in [-0.4, -0.2) is 70.4 Å². The number of halogens is 3. The zero-order chi connectivity index (χ0) is 44.6. The molecule has 1 aliphatic heterocycles. The van der Waals surface area contributed by atoms with Gasteiger partial charge in [-0.05, 0) is 96.8 Å². The molecule has 1 saturated heterocycles. The molecule has 18 heteroatoms. The number of rotatable bonds is 14. The Balaban J connectivity index is 1.16. The topological polar surface area (TPSA) is 168 Å². The maximum absolute atomic E-state index is 13.7. The van der Waals surface area contributed by atoms with Crippen LogP contribution in [0.15, 0.2) is 121 Å². The Labute approximate surface area is 366 Å². The van der Waals surface area contributed by atoms with Gasteiger partial charge >= 0.3 is 18.2 Å². The van der Waals surface area contributed by atoms with E-state index >= 15 is 0 Å². The van der Waals surface area contributed by atoms with E-state index in [1.54, 1.807) is 24.4 Å². The summed E-state index contributed by atoms with van der Waals surface area (Å²) in [5.74, 6) is -1.43. The molecule has 0 unspecified atom stereocenters. The maximum Gasteiger partial charge on any atom is 0.471 e. The minimum absolute atomic E-state index is 0.0193. The number of ether oxygens (including phenoxy) is 2. The number of carbonyl (C=O) groups excluding carboxylic acids is 2. The molecule has 2 aromatic heterocycles. The number of anilines is 1. The number of nitrogens with zero attached hydrogens (tertiary/aromatic N) is 6. The van der Waals surface area contributed by atoms with E-state index in [9.17, 15) is 36.4 Å². The van der Waals surface area contributed by atoms with Crippen molar-refractivity contribution in [1.29, 1.82) is 5.26 Å². The number of benzene rings is 4. The monoisotopic (exact) mass is 895 g/mol. The second-order valence-electron chi connectivity index (χ2n) is 14.8. The molecule has 13 nitrogen and oxygen atoms in total. The molecular weight excluding hydrogens is 856 g/mol. The Hall–Kier alpha value is -6.84. The van der Waals surface area contributed by atoms with Gasteiger partial charge in [-0.15, -0.1) is 0 Å². The highest BCUT2D eigenvalue weighted by Crippen LogP contribution is 2.39. The molecule has 63 heavy (non-hydrogen) atoms. The maximum atomic E-state index is 13.7. The minimum Gasteiger partial charge on any atom is -0.455 e. The molecule has 3 heterocycles. The zero-order valence-corrected chi connectivity index (χ0v) is 35.4. The van der Waals surface area contributed by atoms with Gasteiger partial charge in [0.25, 0.3) is 10.0 Å². The molecular formula is C45H40F3N7O6S2. The van der Waals surface area contributed by atoms with E-state index in [1.165, 1.54) is 29.4 Å². The van der Waals surface area contributed by atoms with Crippen molar-refractivity contribution in [2.75, 3.05) is 24.4 Å². The summed E-state index contributed by atoms with van der Waals surface area (Å²) in [6.07, 6.45) is -1.54. The number of nitriles is 1. The van der Waals surface area contributed by atoms with Crippen molar-refractivity contribution in [3.05, 3.63) is 138 Å². The summed E-state index contributed by atoms with van der Waals surface area (Å²) >= 11 is 0.864. The number of sulfonamides is 1. The van der Waals surface area contributed by atoms with Crippen LogP contribution in [0, 0.1) is 24.2 Å². The molecule has 0 atom stereocenters. The average Bonchev–Trinajstić information content (AvgIpc) is 3.79. The fourth-order valence-corrected chi connectivity index (χ4v) is 8.81. The Kier molecular flexibility index (Phi) is 13.7. The lowest BCUT2D eigenvalue weighted by Crippen LogP contribution is -2.45. The molecule has 1 fully saturated rings. The van der Waals surface area contributed by atoms with Gasteiger partial charge in [0.1, 0.15) is 30.5 Å². The normalized spacial score (nSPS) is 13.2. The van der Waals surface area contributed by atoms with Gasteiger partial charge in [0.15, 0.2) is 0 Å². The van der Waals surface area contributed by atoms with Gasteiger partial charge in [0, 0.05) is 42.9 Å². The first-order valence-corrected chi connectivity index (χ1v) is 22.0. The molecule has 0 bridgehead atoms.